The van der Waals surface area contributed by atoms with Crippen molar-refractivity contribution in [2.45, 2.75) is 6.18 Å². The third-order valence-corrected chi connectivity index (χ3v) is 1.27. The summed E-state index contributed by atoms with van der Waals surface area (Å²) in [7, 11) is 0. The van der Waals surface area contributed by atoms with E-state index in [2.05, 4.69) is 0 Å². The van der Waals surface area contributed by atoms with E-state index in [-0.39, 0.29) is 0 Å². The summed E-state index contributed by atoms with van der Waals surface area (Å²) in [6, 6.07) is 0. The third-order valence-electron chi connectivity index (χ3n) is 1.27. The number of aliphatic hydroxyl groups excluding tert-OH is 1. The smallest absolute Gasteiger partial charge is 0.406 e. The van der Waals surface area contributed by atoms with E-state index in [4.69, 9.17) is 5.11 Å². The molecule has 0 atom stereocenters. The van der Waals surface area contributed by atoms with Crippen LogP contribution >= 0.6 is 0 Å². The van der Waals surface area contributed by atoms with E-state index in [0.29, 0.717) is 12.2 Å². The molecule has 0 unspecified atom stereocenters. The summed E-state index contributed by atoms with van der Waals surface area (Å²) in [4.78, 5) is 10.6. The fourth-order valence-electron chi connectivity index (χ4n) is 0.739. The van der Waals surface area contributed by atoms with Gasteiger partial charge in [0.1, 0.15) is 5.76 Å². The first-order valence-corrected chi connectivity index (χ1v) is 2.98. The van der Waals surface area contributed by atoms with Crippen LogP contribution in [0.25, 0.3) is 0 Å². The lowest BCUT2D eigenvalue weighted by Gasteiger charge is -2.14. The molecule has 0 saturated heterocycles. The Morgan fingerprint density at radius 3 is 2.25 bits per heavy atom. The highest BCUT2D eigenvalue weighted by Gasteiger charge is 2.44. The first-order chi connectivity index (χ1) is 5.41. The molecule has 0 aliphatic heterocycles. The molecule has 0 fully saturated rings. The van der Waals surface area contributed by atoms with Crippen molar-refractivity contribution in [1.82, 2.24) is 0 Å². The zero-order valence-corrected chi connectivity index (χ0v) is 5.72. The lowest BCUT2D eigenvalue weighted by Crippen LogP contribution is -2.27. The molecule has 0 bridgehead atoms. The van der Waals surface area contributed by atoms with Crippen LogP contribution in [0.1, 0.15) is 0 Å². The fraction of sp³-hybridized carbons (Fsp3) is 0.143. The lowest BCUT2D eigenvalue weighted by molar-refractivity contribution is -0.133. The summed E-state index contributed by atoms with van der Waals surface area (Å²) < 4.78 is 35.8. The van der Waals surface area contributed by atoms with Gasteiger partial charge >= 0.3 is 6.18 Å². The van der Waals surface area contributed by atoms with E-state index in [0.717, 1.165) is 6.08 Å². The van der Waals surface area contributed by atoms with Crippen LogP contribution in [0.4, 0.5) is 13.2 Å². The molecule has 65 valence electrons. The molecule has 1 radical (unpaired) electrons. The van der Waals surface area contributed by atoms with Crippen molar-refractivity contribution in [1.29, 1.82) is 0 Å². The van der Waals surface area contributed by atoms with Crippen molar-refractivity contribution in [3.63, 3.8) is 0 Å². The maximum absolute atomic E-state index is 11.9. The number of rotatable bonds is 0. The largest absolute Gasteiger partial charge is 0.508 e. The van der Waals surface area contributed by atoms with Gasteiger partial charge in [0.05, 0.1) is 0 Å². The van der Waals surface area contributed by atoms with Gasteiger partial charge < -0.3 is 5.11 Å². The highest BCUT2D eigenvalue weighted by atomic mass is 19.4. The van der Waals surface area contributed by atoms with Crippen LogP contribution in [-0.4, -0.2) is 17.1 Å². The monoisotopic (exact) mass is 177 g/mol. The summed E-state index contributed by atoms with van der Waals surface area (Å²) in [5, 5.41) is 8.66. The molecule has 1 rings (SSSR count). The van der Waals surface area contributed by atoms with Crippen LogP contribution in [0.15, 0.2) is 24.0 Å². The maximum Gasteiger partial charge on any atom is 0.406 e. The summed E-state index contributed by atoms with van der Waals surface area (Å²) in [5.74, 6) is -3.05. The van der Waals surface area contributed by atoms with Gasteiger partial charge in [-0.3, -0.25) is 4.79 Å². The molecule has 12 heavy (non-hydrogen) atoms. The summed E-state index contributed by atoms with van der Waals surface area (Å²) in [5.41, 5.74) is 0. The molecule has 1 N–H and O–H groups in total. The summed E-state index contributed by atoms with van der Waals surface area (Å²) >= 11 is 0. The third kappa shape index (κ3) is 1.66. The minimum absolute atomic E-state index is 0.405. The van der Waals surface area contributed by atoms with Crippen molar-refractivity contribution >= 4 is 5.78 Å². The number of halogens is 3. The Bertz CT molecular complexity index is 262. The van der Waals surface area contributed by atoms with Crippen molar-refractivity contribution in [2.75, 3.05) is 0 Å². The van der Waals surface area contributed by atoms with Gasteiger partial charge in [0.15, 0.2) is 11.7 Å². The quantitative estimate of drug-likeness (QED) is 0.611. The number of alkyl halides is 3. The summed E-state index contributed by atoms with van der Waals surface area (Å²) in [6.45, 7) is 0. The molecule has 1 aliphatic rings. The van der Waals surface area contributed by atoms with Gasteiger partial charge in [-0.15, -0.1) is 0 Å². The Balaban J connectivity index is 2.93. The fourth-order valence-corrected chi connectivity index (χ4v) is 0.739. The zero-order chi connectivity index (χ0) is 9.35. The molecular formula is C7H4F3O2. The first-order valence-electron chi connectivity index (χ1n) is 2.98. The van der Waals surface area contributed by atoms with Crippen LogP contribution in [-0.2, 0) is 4.79 Å². The Hall–Kier alpha value is -1.26. The van der Waals surface area contributed by atoms with Crippen molar-refractivity contribution in [2.24, 2.45) is 0 Å². The molecule has 2 nitrogen and oxygen atoms in total. The number of hydrogen-bond acceptors (Lipinski definition) is 2. The highest BCUT2D eigenvalue weighted by Crippen LogP contribution is 2.32. The first kappa shape index (κ1) is 8.83. The van der Waals surface area contributed by atoms with E-state index in [1.807, 2.05) is 0 Å². The predicted octanol–water partition coefficient (Wildman–Crippen LogP) is 1.70. The second kappa shape index (κ2) is 2.66. The van der Waals surface area contributed by atoms with Crippen LogP contribution < -0.4 is 0 Å². The Kier molecular flexibility index (Phi) is 1.95. The Morgan fingerprint density at radius 1 is 1.25 bits per heavy atom. The molecule has 5 heteroatoms. The molecule has 0 amide bonds. The molecule has 0 aromatic rings. The van der Waals surface area contributed by atoms with Gasteiger partial charge in [0.25, 0.3) is 0 Å². The van der Waals surface area contributed by atoms with Gasteiger partial charge in [-0.2, -0.15) is 13.2 Å². The average molecular weight is 177 g/mol. The van der Waals surface area contributed by atoms with Gasteiger partial charge in [-0.1, -0.05) is 0 Å². The number of ketones is 1. The number of carbonyl (C=O) groups is 1. The van der Waals surface area contributed by atoms with Crippen molar-refractivity contribution in [3.05, 3.63) is 29.9 Å². The average Bonchev–Trinajstić information content (AvgIpc) is 1.92. The Labute approximate surface area is 66.0 Å². The van der Waals surface area contributed by atoms with Crippen LogP contribution in [0.5, 0.6) is 0 Å². The predicted molar refractivity (Wildman–Crippen MR) is 34.2 cm³/mol. The maximum atomic E-state index is 11.9. The Morgan fingerprint density at radius 2 is 1.83 bits per heavy atom. The number of aliphatic hydroxyl groups is 1. The van der Waals surface area contributed by atoms with Crippen LogP contribution in [0.2, 0.25) is 0 Å². The van der Waals surface area contributed by atoms with Gasteiger partial charge in [0.2, 0.25) is 0 Å². The van der Waals surface area contributed by atoms with E-state index in [1.165, 1.54) is 0 Å². The highest BCUT2D eigenvalue weighted by molar-refractivity contribution is 6.05. The second-order valence-corrected chi connectivity index (χ2v) is 2.18. The molecule has 0 heterocycles. The SMILES string of the molecule is O=C1C=CC(O)=C[C]1C(F)(F)F. The minimum atomic E-state index is -4.70. The molecule has 0 aromatic heterocycles. The van der Waals surface area contributed by atoms with Crippen LogP contribution in [0, 0.1) is 5.92 Å². The zero-order valence-electron chi connectivity index (χ0n) is 5.72. The van der Waals surface area contributed by atoms with E-state index in [1.54, 1.807) is 0 Å². The van der Waals surface area contributed by atoms with Crippen molar-refractivity contribution < 1.29 is 23.1 Å². The molecule has 0 saturated carbocycles. The lowest BCUT2D eigenvalue weighted by atomic mass is 9.98. The second-order valence-electron chi connectivity index (χ2n) is 2.18. The summed E-state index contributed by atoms with van der Waals surface area (Å²) in [6.07, 6.45) is -2.70. The number of carbonyl (C=O) groups excluding carboxylic acids is 1. The minimum Gasteiger partial charge on any atom is -0.508 e. The molecule has 1 aliphatic carbocycles. The van der Waals surface area contributed by atoms with E-state index >= 15 is 0 Å². The molecular weight excluding hydrogens is 173 g/mol. The number of allylic oxidation sites excluding steroid dienone is 3. The van der Waals surface area contributed by atoms with Crippen molar-refractivity contribution in [3.8, 4) is 0 Å². The van der Waals surface area contributed by atoms with Gasteiger partial charge in [-0.25, -0.2) is 0 Å². The van der Waals surface area contributed by atoms with Gasteiger partial charge in [-0.05, 0) is 18.2 Å². The van der Waals surface area contributed by atoms with Gasteiger partial charge in [0, 0.05) is 0 Å². The standard InChI is InChI=1S/C7H4F3O2/c8-7(9,10)5-3-4(11)1-2-6(5)12/h1-3,11H. The normalized spacial score (nSPS) is 19.6. The topological polar surface area (TPSA) is 37.3 Å². The molecule has 0 spiro atoms. The van der Waals surface area contributed by atoms with E-state index < -0.39 is 23.6 Å². The number of hydrogen-bond donors (Lipinski definition) is 1. The molecule has 0 aromatic carbocycles. The van der Waals surface area contributed by atoms with E-state index in [9.17, 15) is 18.0 Å². The van der Waals surface area contributed by atoms with Crippen LogP contribution in [0.3, 0.4) is 0 Å².